The zero-order valence-corrected chi connectivity index (χ0v) is 15.4. The van der Waals surface area contributed by atoms with Gasteiger partial charge in [0.25, 0.3) is 0 Å². The second kappa shape index (κ2) is 12.0. The van der Waals surface area contributed by atoms with Gasteiger partial charge in [-0.15, -0.1) is 0 Å². The molecule has 0 saturated heterocycles. The molecule has 1 atom stereocenters. The Morgan fingerprint density at radius 3 is 1.83 bits per heavy atom. The molecule has 0 amide bonds. The summed E-state index contributed by atoms with van der Waals surface area (Å²) in [7, 11) is -7.38. The Morgan fingerprint density at radius 1 is 0.833 bits per heavy atom. The molecule has 0 N–H and O–H groups in total. The minimum Gasteiger partial charge on any atom is -0.221 e. The Bertz CT molecular complexity index is 664. The van der Waals surface area contributed by atoms with Crippen LogP contribution in [0.2, 0.25) is 0 Å². The molecular weight excluding hydrogens is 356 g/mol. The van der Waals surface area contributed by atoms with Gasteiger partial charge in [-0.05, 0) is 30.3 Å². The van der Waals surface area contributed by atoms with Gasteiger partial charge in [-0.2, -0.15) is 0 Å². The van der Waals surface area contributed by atoms with Crippen LogP contribution in [-0.4, -0.2) is 27.8 Å². The smallest absolute Gasteiger partial charge is 0.221 e. The third-order valence-electron chi connectivity index (χ3n) is 3.62. The summed E-state index contributed by atoms with van der Waals surface area (Å²) in [5.74, 6) is -0.132. The lowest BCUT2D eigenvalue weighted by Gasteiger charge is -2.11. The molecule has 0 aliphatic rings. The van der Waals surface area contributed by atoms with Crippen molar-refractivity contribution in [1.82, 2.24) is 0 Å². The van der Waals surface area contributed by atoms with Gasteiger partial charge in [-0.25, -0.2) is 16.8 Å². The molecule has 1 unspecified atom stereocenters. The lowest BCUT2D eigenvalue weighted by molar-refractivity contribution is 0.536. The highest BCUT2D eigenvalue weighted by Gasteiger charge is 2.21. The number of unbranched alkanes of at least 4 members (excludes halogenated alkanes) is 6. The molecule has 0 aromatic heterocycles. The first-order valence-electron chi connectivity index (χ1n) is 7.88. The lowest BCUT2D eigenvalue weighted by atomic mass is 10.1. The van der Waals surface area contributed by atoms with E-state index in [-0.39, 0.29) is 5.75 Å². The van der Waals surface area contributed by atoms with Gasteiger partial charge >= 0.3 is 0 Å². The number of hydrogen-bond donors (Lipinski definition) is 0. The fourth-order valence-corrected chi connectivity index (χ4v) is 4.20. The third kappa shape index (κ3) is 10.3. The van der Waals surface area contributed by atoms with Crippen molar-refractivity contribution in [3.63, 3.8) is 0 Å². The summed E-state index contributed by atoms with van der Waals surface area (Å²) < 4.78 is 51.1. The third-order valence-corrected chi connectivity index (χ3v) is 6.45. The Hall–Kier alpha value is -1.48. The second-order valence-electron chi connectivity index (χ2n) is 5.44. The van der Waals surface area contributed by atoms with Crippen molar-refractivity contribution in [1.29, 1.82) is 0 Å². The highest BCUT2D eigenvalue weighted by molar-refractivity contribution is 7.90. The molecule has 10 nitrogen and oxygen atoms in total. The van der Waals surface area contributed by atoms with Crippen LogP contribution in [0.3, 0.4) is 0 Å². The number of sulfonamides is 2. The van der Waals surface area contributed by atoms with E-state index < -0.39 is 25.3 Å². The standard InChI is InChI=1S/C12H24N6O4S2/c1-2-12(24(21,22)18-16-14)10-8-6-4-3-5-7-9-11-23(19,20)17-15-13/h12H,2-11H2,1H3. The highest BCUT2D eigenvalue weighted by Crippen LogP contribution is 2.18. The van der Waals surface area contributed by atoms with E-state index in [1.807, 2.05) is 0 Å². The summed E-state index contributed by atoms with van der Waals surface area (Å²) in [5.41, 5.74) is 16.3. The van der Waals surface area contributed by atoms with Gasteiger partial charge in [0.15, 0.2) is 0 Å². The molecule has 0 spiro atoms. The van der Waals surface area contributed by atoms with Gasteiger partial charge in [0, 0.05) is 18.9 Å². The Morgan fingerprint density at radius 2 is 1.33 bits per heavy atom. The van der Waals surface area contributed by atoms with E-state index in [0.717, 1.165) is 38.5 Å². The molecule has 12 heteroatoms. The molecule has 0 aromatic carbocycles. The molecule has 0 radical (unpaired) electrons. The topological polar surface area (TPSA) is 166 Å². The van der Waals surface area contributed by atoms with E-state index in [9.17, 15) is 16.8 Å². The van der Waals surface area contributed by atoms with Crippen LogP contribution in [0.5, 0.6) is 0 Å². The number of rotatable bonds is 14. The second-order valence-corrected chi connectivity index (χ2v) is 9.03. The number of hydrogen-bond acceptors (Lipinski definition) is 4. The van der Waals surface area contributed by atoms with Crippen LogP contribution in [0.4, 0.5) is 0 Å². The quantitative estimate of drug-likeness (QED) is 0.191. The molecule has 0 heterocycles. The first kappa shape index (κ1) is 22.5. The average Bonchev–Trinajstić information content (AvgIpc) is 2.48. The van der Waals surface area contributed by atoms with E-state index in [0.29, 0.717) is 19.3 Å². The van der Waals surface area contributed by atoms with E-state index in [4.69, 9.17) is 11.1 Å². The molecule has 0 aliphatic heterocycles. The lowest BCUT2D eigenvalue weighted by Crippen LogP contribution is -2.17. The van der Waals surface area contributed by atoms with Crippen molar-refractivity contribution in [3.05, 3.63) is 20.9 Å². The first-order chi connectivity index (χ1) is 11.3. The normalized spacial score (nSPS) is 12.9. The molecule has 24 heavy (non-hydrogen) atoms. The molecule has 0 aromatic rings. The van der Waals surface area contributed by atoms with E-state index in [1.165, 1.54) is 0 Å². The summed E-state index contributed by atoms with van der Waals surface area (Å²) in [6.45, 7) is 1.75. The average molecular weight is 380 g/mol. The Labute approximate surface area is 143 Å². The molecule has 0 saturated carbocycles. The van der Waals surface area contributed by atoms with Crippen LogP contribution >= 0.6 is 0 Å². The minimum atomic E-state index is -3.73. The molecule has 0 rings (SSSR count). The van der Waals surface area contributed by atoms with Crippen LogP contribution in [0.25, 0.3) is 20.9 Å². The predicted octanol–water partition coefficient (Wildman–Crippen LogP) is 4.17. The SMILES string of the molecule is CCC(CCCCCCCCCS(=O)(=O)N=[N+]=[N-])S(=O)(=O)N=[N+]=[N-]. The molecule has 138 valence electrons. The van der Waals surface area contributed by atoms with Crippen molar-refractivity contribution in [2.24, 2.45) is 9.04 Å². The number of nitrogens with zero attached hydrogens (tertiary/aromatic N) is 6. The molecule has 0 bridgehead atoms. The van der Waals surface area contributed by atoms with Crippen LogP contribution in [0.15, 0.2) is 9.04 Å². The predicted molar refractivity (Wildman–Crippen MR) is 92.0 cm³/mol. The maximum Gasteiger partial charge on any atom is 0.238 e. The van der Waals surface area contributed by atoms with Crippen molar-refractivity contribution in [3.8, 4) is 0 Å². The van der Waals surface area contributed by atoms with Crippen molar-refractivity contribution in [2.75, 3.05) is 5.75 Å². The van der Waals surface area contributed by atoms with E-state index in [1.54, 1.807) is 6.92 Å². The molecular formula is C12H24N6O4S2. The van der Waals surface area contributed by atoms with Gasteiger partial charge in [0.2, 0.25) is 20.0 Å². The Kier molecular flexibility index (Phi) is 11.2. The Balaban J connectivity index is 3.81. The highest BCUT2D eigenvalue weighted by atomic mass is 32.2. The maximum absolute atomic E-state index is 11.6. The summed E-state index contributed by atoms with van der Waals surface area (Å²) in [6.07, 6.45) is 6.45. The van der Waals surface area contributed by atoms with Gasteiger partial charge in [-0.3, -0.25) is 0 Å². The van der Waals surface area contributed by atoms with Crippen molar-refractivity contribution in [2.45, 2.75) is 70.0 Å². The van der Waals surface area contributed by atoms with Gasteiger partial charge in [0.1, 0.15) is 0 Å². The van der Waals surface area contributed by atoms with Gasteiger partial charge in [-0.1, -0.05) is 45.4 Å². The van der Waals surface area contributed by atoms with Gasteiger partial charge < -0.3 is 0 Å². The molecule has 0 fully saturated rings. The summed E-state index contributed by atoms with van der Waals surface area (Å²) >= 11 is 0. The summed E-state index contributed by atoms with van der Waals surface area (Å²) in [5, 5.41) is -0.626. The molecule has 0 aliphatic carbocycles. The largest absolute Gasteiger partial charge is 0.238 e. The van der Waals surface area contributed by atoms with Crippen LogP contribution in [0.1, 0.15) is 64.7 Å². The summed E-state index contributed by atoms with van der Waals surface area (Å²) in [6, 6.07) is 0. The van der Waals surface area contributed by atoms with Crippen molar-refractivity contribution >= 4 is 20.0 Å². The van der Waals surface area contributed by atoms with E-state index in [2.05, 4.69) is 18.9 Å². The number of azide groups is 2. The zero-order chi connectivity index (χ0) is 18.5. The summed E-state index contributed by atoms with van der Waals surface area (Å²) in [4.78, 5) is 4.63. The van der Waals surface area contributed by atoms with Crippen LogP contribution in [0, 0.1) is 0 Å². The first-order valence-corrected chi connectivity index (χ1v) is 11.0. The van der Waals surface area contributed by atoms with Crippen molar-refractivity contribution < 1.29 is 16.8 Å². The van der Waals surface area contributed by atoms with Crippen LogP contribution in [-0.2, 0) is 20.0 Å². The van der Waals surface area contributed by atoms with Crippen LogP contribution < -0.4 is 0 Å². The zero-order valence-electron chi connectivity index (χ0n) is 13.8. The maximum atomic E-state index is 11.6. The van der Waals surface area contributed by atoms with E-state index >= 15 is 0 Å². The fourth-order valence-electron chi connectivity index (χ4n) is 2.32. The monoisotopic (exact) mass is 380 g/mol. The van der Waals surface area contributed by atoms with Gasteiger partial charge in [0.05, 0.1) is 11.0 Å². The fraction of sp³-hybridized carbons (Fsp3) is 1.00. The minimum absolute atomic E-state index is 0.132.